The van der Waals surface area contributed by atoms with Crippen LogP contribution in [0.25, 0.3) is 0 Å². The van der Waals surface area contributed by atoms with Crippen LogP contribution < -0.4 is 5.32 Å². The highest BCUT2D eigenvalue weighted by molar-refractivity contribution is 5.79. The molecule has 4 N–H and O–H groups in total. The standard InChI is InChI=1S/C17H31NO5/c1-2-3-4-5-11-6-8-12(9-7-11)16(22)18-17-15(21)14(20)13(19)10-23-17/h11-15,17,19-21H,2-10H2,1H3,(H,18,22)/t11?,12?,13-,14+,15-,17-/m1/s1. The van der Waals surface area contributed by atoms with Crippen LogP contribution in [0.4, 0.5) is 0 Å². The lowest BCUT2D eigenvalue weighted by Crippen LogP contribution is -2.59. The molecule has 134 valence electrons. The SMILES string of the molecule is CCCCCC1CCC(C(=O)N[C@@H]2OC[C@@H](O)[C@H](O)[C@H]2O)CC1. The highest BCUT2D eigenvalue weighted by Gasteiger charge is 2.39. The van der Waals surface area contributed by atoms with Crippen LogP contribution in [0.3, 0.4) is 0 Å². The number of ether oxygens (including phenoxy) is 1. The lowest BCUT2D eigenvalue weighted by atomic mass is 9.79. The van der Waals surface area contributed by atoms with Crippen molar-refractivity contribution in [3.63, 3.8) is 0 Å². The molecule has 0 aromatic heterocycles. The molecule has 0 spiro atoms. The Morgan fingerprint density at radius 3 is 2.43 bits per heavy atom. The van der Waals surface area contributed by atoms with E-state index in [4.69, 9.17) is 4.74 Å². The molecule has 0 aromatic rings. The van der Waals surface area contributed by atoms with Crippen molar-refractivity contribution in [1.29, 1.82) is 0 Å². The Morgan fingerprint density at radius 1 is 1.09 bits per heavy atom. The van der Waals surface area contributed by atoms with Gasteiger partial charge >= 0.3 is 0 Å². The fourth-order valence-electron chi connectivity index (χ4n) is 3.59. The first-order valence-electron chi connectivity index (χ1n) is 8.99. The van der Waals surface area contributed by atoms with E-state index in [-0.39, 0.29) is 18.4 Å². The fourth-order valence-corrected chi connectivity index (χ4v) is 3.59. The molecule has 1 amide bonds. The maximum atomic E-state index is 12.3. The normalized spacial score (nSPS) is 38.3. The van der Waals surface area contributed by atoms with Crippen molar-refractivity contribution in [2.45, 2.75) is 82.8 Å². The van der Waals surface area contributed by atoms with Gasteiger partial charge in [0.15, 0.2) is 6.23 Å². The van der Waals surface area contributed by atoms with E-state index in [1.54, 1.807) is 0 Å². The minimum Gasteiger partial charge on any atom is -0.388 e. The predicted molar refractivity (Wildman–Crippen MR) is 85.5 cm³/mol. The summed E-state index contributed by atoms with van der Waals surface area (Å²) in [6.07, 6.45) is 4.32. The molecule has 0 bridgehead atoms. The number of carbonyl (C=O) groups excluding carboxylic acids is 1. The summed E-state index contributed by atoms with van der Waals surface area (Å²) in [5, 5.41) is 31.6. The van der Waals surface area contributed by atoms with E-state index in [2.05, 4.69) is 12.2 Å². The third-order valence-electron chi connectivity index (χ3n) is 5.22. The van der Waals surface area contributed by atoms with Crippen LogP contribution in [0.5, 0.6) is 0 Å². The van der Waals surface area contributed by atoms with Gasteiger partial charge < -0.3 is 25.4 Å². The van der Waals surface area contributed by atoms with Crippen LogP contribution in [0.2, 0.25) is 0 Å². The molecule has 1 aliphatic carbocycles. The Balaban J connectivity index is 1.73. The molecule has 1 aliphatic heterocycles. The Kier molecular flexibility index (Phi) is 7.27. The second-order valence-corrected chi connectivity index (χ2v) is 7.02. The summed E-state index contributed by atoms with van der Waals surface area (Å²) in [4.78, 5) is 12.3. The maximum Gasteiger partial charge on any atom is 0.225 e. The summed E-state index contributed by atoms with van der Waals surface area (Å²) in [5.41, 5.74) is 0. The second-order valence-electron chi connectivity index (χ2n) is 7.02. The molecule has 1 saturated heterocycles. The van der Waals surface area contributed by atoms with E-state index in [1.807, 2.05) is 0 Å². The van der Waals surface area contributed by atoms with Crippen LogP contribution in [0.15, 0.2) is 0 Å². The third kappa shape index (κ3) is 5.14. The topological polar surface area (TPSA) is 99.0 Å². The van der Waals surface area contributed by atoms with Gasteiger partial charge in [0.05, 0.1) is 6.61 Å². The second kappa shape index (κ2) is 8.97. The smallest absolute Gasteiger partial charge is 0.225 e. The molecule has 1 saturated carbocycles. The molecule has 6 heteroatoms. The number of aliphatic hydroxyl groups excluding tert-OH is 3. The van der Waals surface area contributed by atoms with Gasteiger partial charge in [-0.25, -0.2) is 0 Å². The Hall–Kier alpha value is -0.690. The van der Waals surface area contributed by atoms with Gasteiger partial charge in [-0.05, 0) is 31.6 Å². The van der Waals surface area contributed by atoms with Crippen molar-refractivity contribution in [3.05, 3.63) is 0 Å². The van der Waals surface area contributed by atoms with Gasteiger partial charge in [-0.3, -0.25) is 4.79 Å². The maximum absolute atomic E-state index is 12.3. The first-order valence-corrected chi connectivity index (χ1v) is 8.99. The monoisotopic (exact) mass is 329 g/mol. The molecule has 4 atom stereocenters. The van der Waals surface area contributed by atoms with Crippen LogP contribution in [-0.2, 0) is 9.53 Å². The van der Waals surface area contributed by atoms with Crippen molar-refractivity contribution in [2.75, 3.05) is 6.61 Å². The molecule has 23 heavy (non-hydrogen) atoms. The minimum atomic E-state index is -1.30. The predicted octanol–water partition coefficient (Wildman–Crippen LogP) is 0.928. The van der Waals surface area contributed by atoms with Gasteiger partial charge in [0.1, 0.15) is 18.3 Å². The molecule has 2 rings (SSSR count). The number of amides is 1. The number of unbranched alkanes of at least 4 members (excludes halogenated alkanes) is 2. The number of hydrogen-bond acceptors (Lipinski definition) is 5. The summed E-state index contributed by atoms with van der Waals surface area (Å²) in [5.74, 6) is 0.570. The van der Waals surface area contributed by atoms with Crippen molar-refractivity contribution < 1.29 is 24.9 Å². The third-order valence-corrected chi connectivity index (χ3v) is 5.22. The number of nitrogens with one attached hydrogen (secondary N) is 1. The van der Waals surface area contributed by atoms with Crippen molar-refractivity contribution in [1.82, 2.24) is 5.32 Å². The summed E-state index contributed by atoms with van der Waals surface area (Å²) in [6.45, 7) is 2.12. The van der Waals surface area contributed by atoms with Gasteiger partial charge in [0.2, 0.25) is 5.91 Å². The van der Waals surface area contributed by atoms with Gasteiger partial charge in [-0.2, -0.15) is 0 Å². The Bertz CT molecular complexity index is 370. The lowest BCUT2D eigenvalue weighted by Gasteiger charge is -2.36. The van der Waals surface area contributed by atoms with E-state index in [0.717, 1.165) is 31.6 Å². The summed E-state index contributed by atoms with van der Waals surface area (Å²) >= 11 is 0. The summed E-state index contributed by atoms with van der Waals surface area (Å²) < 4.78 is 5.23. The molecule has 2 fully saturated rings. The molecule has 6 nitrogen and oxygen atoms in total. The first-order chi connectivity index (χ1) is 11.0. The van der Waals surface area contributed by atoms with Crippen LogP contribution in [0, 0.1) is 11.8 Å². The number of hydrogen-bond donors (Lipinski definition) is 4. The molecule has 2 aliphatic rings. The van der Waals surface area contributed by atoms with Gasteiger partial charge in [0.25, 0.3) is 0 Å². The Labute approximate surface area is 138 Å². The molecular weight excluding hydrogens is 298 g/mol. The molecule has 0 radical (unpaired) electrons. The lowest BCUT2D eigenvalue weighted by molar-refractivity contribution is -0.197. The molecule has 1 heterocycles. The number of rotatable bonds is 6. The van der Waals surface area contributed by atoms with E-state index in [9.17, 15) is 20.1 Å². The summed E-state index contributed by atoms with van der Waals surface area (Å²) in [6, 6.07) is 0. The number of carbonyl (C=O) groups is 1. The van der Waals surface area contributed by atoms with Crippen LogP contribution in [-0.4, -0.2) is 52.4 Å². The van der Waals surface area contributed by atoms with E-state index in [0.29, 0.717) is 0 Å². The van der Waals surface area contributed by atoms with Gasteiger partial charge in [-0.15, -0.1) is 0 Å². The van der Waals surface area contributed by atoms with Crippen molar-refractivity contribution in [3.8, 4) is 0 Å². The van der Waals surface area contributed by atoms with Gasteiger partial charge in [-0.1, -0.05) is 32.6 Å². The van der Waals surface area contributed by atoms with Crippen LogP contribution in [0.1, 0.15) is 58.3 Å². The fraction of sp³-hybridized carbons (Fsp3) is 0.941. The highest BCUT2D eigenvalue weighted by atomic mass is 16.5. The van der Waals surface area contributed by atoms with E-state index >= 15 is 0 Å². The molecule has 0 aromatic carbocycles. The highest BCUT2D eigenvalue weighted by Crippen LogP contribution is 2.32. The zero-order chi connectivity index (χ0) is 16.8. The Morgan fingerprint density at radius 2 is 1.78 bits per heavy atom. The number of aliphatic hydroxyl groups is 3. The average Bonchev–Trinajstić information content (AvgIpc) is 2.56. The first kappa shape index (κ1) is 18.6. The molecule has 0 unspecified atom stereocenters. The quantitative estimate of drug-likeness (QED) is 0.543. The van der Waals surface area contributed by atoms with Gasteiger partial charge in [0, 0.05) is 5.92 Å². The largest absolute Gasteiger partial charge is 0.388 e. The van der Waals surface area contributed by atoms with Crippen molar-refractivity contribution >= 4 is 5.91 Å². The molecular formula is C17H31NO5. The van der Waals surface area contributed by atoms with E-state index < -0.39 is 24.5 Å². The summed E-state index contributed by atoms with van der Waals surface area (Å²) in [7, 11) is 0. The zero-order valence-corrected chi connectivity index (χ0v) is 14.0. The average molecular weight is 329 g/mol. The zero-order valence-electron chi connectivity index (χ0n) is 14.0. The van der Waals surface area contributed by atoms with Crippen LogP contribution >= 0.6 is 0 Å². The van der Waals surface area contributed by atoms with E-state index in [1.165, 1.54) is 25.7 Å². The van der Waals surface area contributed by atoms with Crippen molar-refractivity contribution in [2.24, 2.45) is 11.8 Å². The minimum absolute atomic E-state index is 0.0442.